The van der Waals surface area contributed by atoms with Crippen molar-refractivity contribution in [2.45, 2.75) is 32.9 Å². The normalized spacial score (nSPS) is 24.0. The minimum Gasteiger partial charge on any atom is -0.354 e. The van der Waals surface area contributed by atoms with Crippen molar-refractivity contribution >= 4 is 11.6 Å². The lowest BCUT2D eigenvalue weighted by atomic mass is 10.0. The van der Waals surface area contributed by atoms with Gasteiger partial charge < -0.3 is 16.0 Å². The first-order chi connectivity index (χ1) is 8.54. The Balaban J connectivity index is 2.41. The Morgan fingerprint density at radius 2 is 2.17 bits per heavy atom. The minimum absolute atomic E-state index is 0.0237. The van der Waals surface area contributed by atoms with E-state index < -0.39 is 0 Å². The Hall–Kier alpha value is -1.55. The average molecular weight is 247 g/mol. The van der Waals surface area contributed by atoms with Crippen LogP contribution in [-0.2, 0) is 4.79 Å². The van der Waals surface area contributed by atoms with Crippen molar-refractivity contribution in [1.82, 2.24) is 5.32 Å². The zero-order valence-electron chi connectivity index (χ0n) is 11.2. The third-order valence-corrected chi connectivity index (χ3v) is 3.54. The number of hydrogen-bond donors (Lipinski definition) is 2. The molecule has 1 fully saturated rings. The Kier molecular flexibility index (Phi) is 3.57. The van der Waals surface area contributed by atoms with E-state index in [2.05, 4.69) is 49.2 Å². The summed E-state index contributed by atoms with van der Waals surface area (Å²) in [6.45, 7) is 7.27. The molecule has 18 heavy (non-hydrogen) atoms. The average Bonchev–Trinajstić information content (AvgIpc) is 2.33. The van der Waals surface area contributed by atoms with Gasteiger partial charge in [-0.05, 0) is 32.4 Å². The van der Waals surface area contributed by atoms with E-state index in [-0.39, 0.29) is 18.0 Å². The van der Waals surface area contributed by atoms with E-state index in [1.54, 1.807) is 0 Å². The molecule has 2 atom stereocenters. The molecule has 1 saturated heterocycles. The molecule has 4 heteroatoms. The van der Waals surface area contributed by atoms with Crippen LogP contribution in [0.15, 0.2) is 18.2 Å². The first-order valence-corrected chi connectivity index (χ1v) is 6.38. The van der Waals surface area contributed by atoms with E-state index in [1.807, 2.05) is 0 Å². The van der Waals surface area contributed by atoms with Gasteiger partial charge in [0.2, 0.25) is 5.91 Å². The van der Waals surface area contributed by atoms with Gasteiger partial charge in [0, 0.05) is 24.8 Å². The summed E-state index contributed by atoms with van der Waals surface area (Å²) >= 11 is 0. The van der Waals surface area contributed by atoms with E-state index in [0.717, 1.165) is 5.69 Å². The van der Waals surface area contributed by atoms with Crippen LogP contribution in [0.3, 0.4) is 0 Å². The number of nitrogens with one attached hydrogen (secondary N) is 1. The summed E-state index contributed by atoms with van der Waals surface area (Å²) < 4.78 is 0. The Labute approximate surface area is 108 Å². The van der Waals surface area contributed by atoms with Crippen LogP contribution in [0, 0.1) is 13.8 Å². The quantitative estimate of drug-likeness (QED) is 0.818. The highest BCUT2D eigenvalue weighted by Crippen LogP contribution is 2.26. The van der Waals surface area contributed by atoms with Crippen LogP contribution in [0.5, 0.6) is 0 Å². The van der Waals surface area contributed by atoms with Crippen LogP contribution >= 0.6 is 0 Å². The van der Waals surface area contributed by atoms with E-state index in [9.17, 15) is 4.79 Å². The molecule has 0 spiro atoms. The number of rotatable bonds is 2. The number of aryl methyl sites for hydroxylation is 2. The molecule has 0 aromatic heterocycles. The fourth-order valence-corrected chi connectivity index (χ4v) is 2.62. The third-order valence-electron chi connectivity index (χ3n) is 3.54. The van der Waals surface area contributed by atoms with Crippen molar-refractivity contribution in [1.29, 1.82) is 0 Å². The maximum Gasteiger partial charge on any atom is 0.244 e. The van der Waals surface area contributed by atoms with Crippen LogP contribution in [0.25, 0.3) is 0 Å². The lowest BCUT2D eigenvalue weighted by Crippen LogP contribution is -2.62. The highest BCUT2D eigenvalue weighted by atomic mass is 16.2. The monoisotopic (exact) mass is 247 g/mol. The summed E-state index contributed by atoms with van der Waals surface area (Å²) in [6.07, 6.45) is 0. The van der Waals surface area contributed by atoms with Crippen LogP contribution in [-0.4, -0.2) is 31.1 Å². The van der Waals surface area contributed by atoms with Gasteiger partial charge in [0.05, 0.1) is 0 Å². The van der Waals surface area contributed by atoms with Gasteiger partial charge in [-0.25, -0.2) is 0 Å². The molecule has 1 aliphatic rings. The number of carbonyl (C=O) groups is 1. The smallest absolute Gasteiger partial charge is 0.244 e. The number of nitrogens with two attached hydrogens (primary N) is 1. The van der Waals surface area contributed by atoms with E-state index in [4.69, 9.17) is 5.73 Å². The standard InChI is InChI=1S/C14H21N3O/c1-9-4-5-12(10(2)6-9)17-11(3)8-16-14(18)13(17)7-15/h4-6,11,13H,7-8,15H2,1-3H3,(H,16,18). The minimum atomic E-state index is -0.268. The molecule has 98 valence electrons. The number of piperazine rings is 1. The van der Waals surface area contributed by atoms with E-state index in [0.29, 0.717) is 13.1 Å². The van der Waals surface area contributed by atoms with Gasteiger partial charge in [0.25, 0.3) is 0 Å². The van der Waals surface area contributed by atoms with Crippen molar-refractivity contribution < 1.29 is 4.79 Å². The van der Waals surface area contributed by atoms with Gasteiger partial charge in [-0.3, -0.25) is 4.79 Å². The highest BCUT2D eigenvalue weighted by Gasteiger charge is 2.33. The van der Waals surface area contributed by atoms with E-state index >= 15 is 0 Å². The molecule has 1 aromatic rings. The Morgan fingerprint density at radius 3 is 2.78 bits per heavy atom. The SMILES string of the molecule is Cc1ccc(N2C(C)CNC(=O)C2CN)c(C)c1. The highest BCUT2D eigenvalue weighted by molar-refractivity contribution is 5.87. The van der Waals surface area contributed by atoms with Crippen molar-refractivity contribution in [2.24, 2.45) is 5.73 Å². The predicted octanol–water partition coefficient (Wildman–Crippen LogP) is 0.955. The molecule has 0 radical (unpaired) electrons. The topological polar surface area (TPSA) is 58.4 Å². The summed E-state index contributed by atoms with van der Waals surface area (Å²) in [5.74, 6) is 0.0237. The third kappa shape index (κ3) is 2.20. The summed E-state index contributed by atoms with van der Waals surface area (Å²) in [7, 11) is 0. The number of anilines is 1. The molecular formula is C14H21N3O. The fraction of sp³-hybridized carbons (Fsp3) is 0.500. The molecule has 1 amide bonds. The Bertz CT molecular complexity index is 458. The summed E-state index contributed by atoms with van der Waals surface area (Å²) in [5.41, 5.74) is 9.29. The van der Waals surface area contributed by atoms with Gasteiger partial charge in [0.1, 0.15) is 6.04 Å². The van der Waals surface area contributed by atoms with Crippen molar-refractivity contribution in [3.8, 4) is 0 Å². The summed E-state index contributed by atoms with van der Waals surface area (Å²) in [4.78, 5) is 14.0. The summed E-state index contributed by atoms with van der Waals surface area (Å²) in [5, 5.41) is 2.90. The molecule has 0 bridgehead atoms. The fourth-order valence-electron chi connectivity index (χ4n) is 2.62. The van der Waals surface area contributed by atoms with Crippen LogP contribution < -0.4 is 16.0 Å². The number of benzene rings is 1. The molecule has 1 aromatic carbocycles. The number of nitrogens with zero attached hydrogens (tertiary/aromatic N) is 1. The van der Waals surface area contributed by atoms with Crippen molar-refractivity contribution in [3.63, 3.8) is 0 Å². The van der Waals surface area contributed by atoms with Crippen LogP contribution in [0.4, 0.5) is 5.69 Å². The van der Waals surface area contributed by atoms with Crippen molar-refractivity contribution in [3.05, 3.63) is 29.3 Å². The molecule has 0 aliphatic carbocycles. The van der Waals surface area contributed by atoms with Crippen LogP contribution in [0.1, 0.15) is 18.1 Å². The van der Waals surface area contributed by atoms with Crippen LogP contribution in [0.2, 0.25) is 0 Å². The second-order valence-electron chi connectivity index (χ2n) is 5.04. The lowest BCUT2D eigenvalue weighted by Gasteiger charge is -2.42. The molecular weight excluding hydrogens is 226 g/mol. The maximum absolute atomic E-state index is 11.9. The number of amides is 1. The predicted molar refractivity (Wildman–Crippen MR) is 73.7 cm³/mol. The molecule has 4 nitrogen and oxygen atoms in total. The zero-order chi connectivity index (χ0) is 13.3. The molecule has 1 aliphatic heterocycles. The second-order valence-corrected chi connectivity index (χ2v) is 5.04. The molecule has 2 rings (SSSR count). The molecule has 2 unspecified atom stereocenters. The van der Waals surface area contributed by atoms with E-state index in [1.165, 1.54) is 11.1 Å². The maximum atomic E-state index is 11.9. The van der Waals surface area contributed by atoms with Gasteiger partial charge in [-0.2, -0.15) is 0 Å². The number of carbonyl (C=O) groups excluding carboxylic acids is 1. The molecule has 3 N–H and O–H groups in total. The number of hydrogen-bond acceptors (Lipinski definition) is 3. The first kappa shape index (κ1) is 12.9. The van der Waals surface area contributed by atoms with Gasteiger partial charge in [-0.1, -0.05) is 17.7 Å². The molecule has 1 heterocycles. The second kappa shape index (κ2) is 4.98. The van der Waals surface area contributed by atoms with Gasteiger partial charge in [-0.15, -0.1) is 0 Å². The summed E-state index contributed by atoms with van der Waals surface area (Å²) in [6, 6.07) is 6.30. The first-order valence-electron chi connectivity index (χ1n) is 6.38. The Morgan fingerprint density at radius 1 is 1.44 bits per heavy atom. The van der Waals surface area contributed by atoms with Crippen molar-refractivity contribution in [2.75, 3.05) is 18.0 Å². The van der Waals surface area contributed by atoms with Gasteiger partial charge in [0.15, 0.2) is 0 Å². The molecule has 0 saturated carbocycles. The zero-order valence-corrected chi connectivity index (χ0v) is 11.2. The largest absolute Gasteiger partial charge is 0.354 e. The lowest BCUT2D eigenvalue weighted by molar-refractivity contribution is -0.123. The van der Waals surface area contributed by atoms with Gasteiger partial charge >= 0.3 is 0 Å².